The molecule has 1 aliphatic rings. The highest BCUT2D eigenvalue weighted by molar-refractivity contribution is 14.0. The molecule has 2 N–H and O–H groups in total. The summed E-state index contributed by atoms with van der Waals surface area (Å²) in [5.74, 6) is 1.88. The highest BCUT2D eigenvalue weighted by atomic mass is 127. The van der Waals surface area contributed by atoms with Gasteiger partial charge in [-0.2, -0.15) is 0 Å². The van der Waals surface area contributed by atoms with E-state index in [1.807, 2.05) is 19.2 Å². The molecule has 0 saturated carbocycles. The van der Waals surface area contributed by atoms with Gasteiger partial charge in [0.1, 0.15) is 5.76 Å². The van der Waals surface area contributed by atoms with Gasteiger partial charge in [-0.25, -0.2) is 0 Å². The largest absolute Gasteiger partial charge is 0.469 e. The van der Waals surface area contributed by atoms with Gasteiger partial charge in [0, 0.05) is 26.6 Å². The van der Waals surface area contributed by atoms with Crippen LogP contribution in [0.2, 0.25) is 0 Å². The first-order valence-corrected chi connectivity index (χ1v) is 8.08. The molecule has 0 atom stereocenters. The third-order valence-corrected chi connectivity index (χ3v) is 3.86. The van der Waals surface area contributed by atoms with Crippen LogP contribution in [0.15, 0.2) is 27.8 Å². The highest BCUT2D eigenvalue weighted by Gasteiger charge is 2.09. The third kappa shape index (κ3) is 7.49. The molecular formula is C16H29IN4O. The lowest BCUT2D eigenvalue weighted by Gasteiger charge is -2.15. The van der Waals surface area contributed by atoms with E-state index in [2.05, 4.69) is 20.5 Å². The molecule has 2 rings (SSSR count). The van der Waals surface area contributed by atoms with E-state index in [-0.39, 0.29) is 24.0 Å². The Labute approximate surface area is 150 Å². The average Bonchev–Trinajstić information content (AvgIpc) is 3.18. The van der Waals surface area contributed by atoms with E-state index >= 15 is 0 Å². The fourth-order valence-electron chi connectivity index (χ4n) is 2.65. The molecule has 6 heteroatoms. The van der Waals surface area contributed by atoms with Gasteiger partial charge in [0.2, 0.25) is 0 Å². The molecule has 5 nitrogen and oxygen atoms in total. The number of nitrogens with one attached hydrogen (secondary N) is 2. The van der Waals surface area contributed by atoms with Crippen molar-refractivity contribution in [1.82, 2.24) is 15.5 Å². The number of hydrogen-bond acceptors (Lipinski definition) is 3. The molecule has 0 unspecified atom stereocenters. The minimum Gasteiger partial charge on any atom is -0.469 e. The van der Waals surface area contributed by atoms with Crippen molar-refractivity contribution in [2.24, 2.45) is 4.99 Å². The van der Waals surface area contributed by atoms with Crippen LogP contribution in [-0.2, 0) is 6.42 Å². The zero-order chi connectivity index (χ0) is 14.8. The highest BCUT2D eigenvalue weighted by Crippen LogP contribution is 2.07. The van der Waals surface area contributed by atoms with Crippen molar-refractivity contribution in [3.05, 3.63) is 24.2 Å². The normalized spacial score (nSPS) is 15.6. The molecule has 22 heavy (non-hydrogen) atoms. The van der Waals surface area contributed by atoms with Crippen molar-refractivity contribution in [2.45, 2.75) is 32.1 Å². The van der Waals surface area contributed by atoms with Crippen molar-refractivity contribution in [3.63, 3.8) is 0 Å². The molecule has 0 aromatic carbocycles. The summed E-state index contributed by atoms with van der Waals surface area (Å²) in [6.45, 7) is 5.65. The Hall–Kier alpha value is -0.760. The van der Waals surface area contributed by atoms with Gasteiger partial charge in [0.25, 0.3) is 0 Å². The van der Waals surface area contributed by atoms with Crippen LogP contribution in [0, 0.1) is 0 Å². The van der Waals surface area contributed by atoms with Crippen LogP contribution in [0.4, 0.5) is 0 Å². The van der Waals surface area contributed by atoms with Gasteiger partial charge in [-0.15, -0.1) is 24.0 Å². The van der Waals surface area contributed by atoms with Gasteiger partial charge in [0.15, 0.2) is 5.96 Å². The molecule has 1 aliphatic heterocycles. The van der Waals surface area contributed by atoms with Gasteiger partial charge in [0.05, 0.1) is 6.26 Å². The number of aliphatic imine (C=N–C) groups is 1. The molecule has 0 spiro atoms. The standard InChI is InChI=1S/C16H28N4O.HI/c1-17-16(19-10-8-15-7-6-14-21-15)18-9-2-3-11-20-12-4-5-13-20;/h6-7,14H,2-5,8-13H2,1H3,(H2,17,18,19);1H. The van der Waals surface area contributed by atoms with Crippen LogP contribution in [0.1, 0.15) is 31.4 Å². The maximum atomic E-state index is 5.31. The minimum atomic E-state index is 0. The van der Waals surface area contributed by atoms with E-state index in [9.17, 15) is 0 Å². The van der Waals surface area contributed by atoms with E-state index in [0.29, 0.717) is 0 Å². The van der Waals surface area contributed by atoms with Crippen LogP contribution >= 0.6 is 24.0 Å². The summed E-state index contributed by atoms with van der Waals surface area (Å²) in [4.78, 5) is 6.80. The second kappa shape index (κ2) is 11.8. The van der Waals surface area contributed by atoms with Gasteiger partial charge in [-0.1, -0.05) is 0 Å². The number of hydrogen-bond donors (Lipinski definition) is 2. The van der Waals surface area contributed by atoms with Crippen molar-refractivity contribution in [1.29, 1.82) is 0 Å². The molecule has 0 bridgehead atoms. The number of furan rings is 1. The number of nitrogens with zero attached hydrogens (tertiary/aromatic N) is 2. The average molecular weight is 420 g/mol. The second-order valence-corrected chi connectivity index (χ2v) is 5.51. The Balaban J connectivity index is 0.00000242. The lowest BCUT2D eigenvalue weighted by atomic mass is 10.3. The first-order chi connectivity index (χ1) is 10.4. The molecule has 0 amide bonds. The van der Waals surface area contributed by atoms with Crippen molar-refractivity contribution < 1.29 is 4.42 Å². The fourth-order valence-corrected chi connectivity index (χ4v) is 2.65. The summed E-state index contributed by atoms with van der Waals surface area (Å²) in [6, 6.07) is 3.92. The van der Waals surface area contributed by atoms with Crippen LogP contribution in [0.25, 0.3) is 0 Å². The summed E-state index contributed by atoms with van der Waals surface area (Å²) in [7, 11) is 1.81. The summed E-state index contributed by atoms with van der Waals surface area (Å²) < 4.78 is 5.31. The quantitative estimate of drug-likeness (QED) is 0.294. The topological polar surface area (TPSA) is 52.8 Å². The maximum Gasteiger partial charge on any atom is 0.190 e. The Kier molecular flexibility index (Phi) is 10.3. The summed E-state index contributed by atoms with van der Waals surface area (Å²) in [5.41, 5.74) is 0. The van der Waals surface area contributed by atoms with Crippen LogP contribution in [0.5, 0.6) is 0 Å². The molecule has 1 aromatic heterocycles. The molecule has 1 saturated heterocycles. The predicted octanol–water partition coefficient (Wildman–Crippen LogP) is 2.48. The van der Waals surface area contributed by atoms with E-state index in [4.69, 9.17) is 4.42 Å². The van der Waals surface area contributed by atoms with Crippen molar-refractivity contribution in [2.75, 3.05) is 39.8 Å². The van der Waals surface area contributed by atoms with Crippen molar-refractivity contribution in [3.8, 4) is 0 Å². The van der Waals surface area contributed by atoms with E-state index in [1.54, 1.807) is 6.26 Å². The molecular weight excluding hydrogens is 391 g/mol. The van der Waals surface area contributed by atoms with E-state index < -0.39 is 0 Å². The number of unbranched alkanes of at least 4 members (excludes halogenated alkanes) is 1. The monoisotopic (exact) mass is 420 g/mol. The SMILES string of the molecule is CN=C(NCCCCN1CCCC1)NCCc1ccco1.I. The van der Waals surface area contributed by atoms with Gasteiger partial charge < -0.3 is 20.0 Å². The van der Waals surface area contributed by atoms with Gasteiger partial charge >= 0.3 is 0 Å². The number of likely N-dealkylation sites (tertiary alicyclic amines) is 1. The Bertz CT molecular complexity index is 402. The lowest BCUT2D eigenvalue weighted by Crippen LogP contribution is -2.38. The molecule has 126 valence electrons. The van der Waals surface area contributed by atoms with Crippen LogP contribution in [-0.4, -0.2) is 50.6 Å². The van der Waals surface area contributed by atoms with E-state index in [0.717, 1.165) is 31.2 Å². The molecule has 0 aliphatic carbocycles. The zero-order valence-electron chi connectivity index (χ0n) is 13.5. The van der Waals surface area contributed by atoms with Crippen LogP contribution in [0.3, 0.4) is 0 Å². The second-order valence-electron chi connectivity index (χ2n) is 5.51. The van der Waals surface area contributed by atoms with Crippen LogP contribution < -0.4 is 10.6 Å². The molecule has 1 fully saturated rings. The third-order valence-electron chi connectivity index (χ3n) is 3.86. The molecule has 2 heterocycles. The Morgan fingerprint density at radius 1 is 1.23 bits per heavy atom. The first-order valence-electron chi connectivity index (χ1n) is 8.08. The Morgan fingerprint density at radius 2 is 2.00 bits per heavy atom. The number of halogens is 1. The number of guanidine groups is 1. The fraction of sp³-hybridized carbons (Fsp3) is 0.688. The van der Waals surface area contributed by atoms with Gasteiger partial charge in [-0.05, 0) is 57.5 Å². The molecule has 0 radical (unpaired) electrons. The predicted molar refractivity (Wildman–Crippen MR) is 102 cm³/mol. The maximum absolute atomic E-state index is 5.31. The molecule has 1 aromatic rings. The summed E-state index contributed by atoms with van der Waals surface area (Å²) >= 11 is 0. The summed E-state index contributed by atoms with van der Waals surface area (Å²) in [5, 5.41) is 6.67. The summed E-state index contributed by atoms with van der Waals surface area (Å²) in [6.07, 6.45) is 7.80. The van der Waals surface area contributed by atoms with Crippen molar-refractivity contribution >= 4 is 29.9 Å². The van der Waals surface area contributed by atoms with E-state index in [1.165, 1.54) is 45.3 Å². The lowest BCUT2D eigenvalue weighted by molar-refractivity contribution is 0.330. The zero-order valence-corrected chi connectivity index (χ0v) is 15.8. The Morgan fingerprint density at radius 3 is 2.68 bits per heavy atom. The smallest absolute Gasteiger partial charge is 0.190 e. The minimum absolute atomic E-state index is 0. The van der Waals surface area contributed by atoms with Gasteiger partial charge in [-0.3, -0.25) is 4.99 Å². The number of rotatable bonds is 8. The first kappa shape index (κ1) is 19.3.